The highest BCUT2D eigenvalue weighted by Gasteiger charge is 2.11. The maximum absolute atomic E-state index is 8.74. The average molecular weight is 317 g/mol. The molecule has 0 aliphatic carbocycles. The zero-order valence-corrected chi connectivity index (χ0v) is 12.6. The summed E-state index contributed by atoms with van der Waals surface area (Å²) in [6.07, 6.45) is 4.51. The van der Waals surface area contributed by atoms with Crippen molar-refractivity contribution >= 4 is 27.6 Å². The molecule has 0 aromatic carbocycles. The molecular weight excluding hydrogens is 296 g/mol. The van der Waals surface area contributed by atoms with Crippen molar-refractivity contribution in [3.05, 3.63) is 10.8 Å². The second-order valence-corrected chi connectivity index (χ2v) is 4.89. The Kier molecular flexibility index (Phi) is 6.97. The number of aromatic nitrogens is 2. The van der Waals surface area contributed by atoms with E-state index in [0.717, 1.165) is 48.5 Å². The van der Waals surface area contributed by atoms with Crippen molar-refractivity contribution in [2.24, 2.45) is 0 Å². The van der Waals surface area contributed by atoms with Crippen molar-refractivity contribution in [3.8, 4) is 0 Å². The second kappa shape index (κ2) is 8.26. The van der Waals surface area contributed by atoms with Gasteiger partial charge >= 0.3 is 0 Å². The Morgan fingerprint density at radius 1 is 1.33 bits per heavy atom. The van der Waals surface area contributed by atoms with Gasteiger partial charge in [0.25, 0.3) is 0 Å². The van der Waals surface area contributed by atoms with Crippen LogP contribution in [0.25, 0.3) is 0 Å². The van der Waals surface area contributed by atoms with E-state index in [0.29, 0.717) is 0 Å². The van der Waals surface area contributed by atoms with Gasteiger partial charge in [0.2, 0.25) is 0 Å². The molecule has 0 bridgehead atoms. The molecule has 1 aromatic rings. The molecule has 0 aliphatic heterocycles. The van der Waals surface area contributed by atoms with Crippen LogP contribution in [0.2, 0.25) is 0 Å². The first-order chi connectivity index (χ1) is 8.70. The minimum atomic E-state index is 0.269. The van der Waals surface area contributed by atoms with Crippen LogP contribution in [0.4, 0.5) is 11.6 Å². The molecule has 0 unspecified atom stereocenters. The van der Waals surface area contributed by atoms with Gasteiger partial charge in [-0.2, -0.15) is 0 Å². The number of halogens is 1. The van der Waals surface area contributed by atoms with Crippen molar-refractivity contribution < 1.29 is 5.11 Å². The Hall–Kier alpha value is -0.880. The number of anilines is 2. The minimum Gasteiger partial charge on any atom is -0.396 e. The fourth-order valence-electron chi connectivity index (χ4n) is 1.66. The third-order valence-electron chi connectivity index (χ3n) is 2.63. The lowest BCUT2D eigenvalue weighted by Crippen LogP contribution is -2.21. The lowest BCUT2D eigenvalue weighted by atomic mass is 10.2. The molecule has 0 saturated heterocycles. The SMILES string of the molecule is CCNc1ncnc(N(C)CCCCCO)c1Br. The van der Waals surface area contributed by atoms with E-state index in [9.17, 15) is 0 Å². The van der Waals surface area contributed by atoms with Gasteiger partial charge in [0.1, 0.15) is 22.4 Å². The van der Waals surface area contributed by atoms with Gasteiger partial charge in [-0.1, -0.05) is 0 Å². The molecule has 0 fully saturated rings. The van der Waals surface area contributed by atoms with Gasteiger partial charge in [-0.25, -0.2) is 9.97 Å². The largest absolute Gasteiger partial charge is 0.396 e. The number of aliphatic hydroxyl groups excluding tert-OH is 1. The smallest absolute Gasteiger partial charge is 0.148 e. The highest BCUT2D eigenvalue weighted by atomic mass is 79.9. The summed E-state index contributed by atoms with van der Waals surface area (Å²) in [5.41, 5.74) is 0. The van der Waals surface area contributed by atoms with Gasteiger partial charge in [-0.15, -0.1) is 0 Å². The molecule has 6 heteroatoms. The number of hydrogen-bond donors (Lipinski definition) is 2. The fourth-order valence-corrected chi connectivity index (χ4v) is 2.31. The molecule has 18 heavy (non-hydrogen) atoms. The van der Waals surface area contributed by atoms with Crippen molar-refractivity contribution in [2.75, 3.05) is 37.0 Å². The molecule has 2 N–H and O–H groups in total. The first kappa shape index (κ1) is 15.2. The van der Waals surface area contributed by atoms with E-state index in [-0.39, 0.29) is 6.61 Å². The van der Waals surface area contributed by atoms with Crippen LogP contribution in [0.3, 0.4) is 0 Å². The van der Waals surface area contributed by atoms with Crippen LogP contribution in [0.5, 0.6) is 0 Å². The molecule has 1 rings (SSSR count). The molecule has 0 atom stereocenters. The van der Waals surface area contributed by atoms with Crippen LogP contribution in [-0.2, 0) is 0 Å². The Morgan fingerprint density at radius 2 is 2.11 bits per heavy atom. The first-order valence-corrected chi connectivity index (χ1v) is 7.06. The molecule has 0 spiro atoms. The van der Waals surface area contributed by atoms with Gasteiger partial charge in [-0.05, 0) is 42.1 Å². The maximum Gasteiger partial charge on any atom is 0.148 e. The summed E-state index contributed by atoms with van der Waals surface area (Å²) in [5.74, 6) is 1.72. The number of nitrogens with zero attached hydrogens (tertiary/aromatic N) is 3. The summed E-state index contributed by atoms with van der Waals surface area (Å²) in [4.78, 5) is 10.6. The Balaban J connectivity index is 2.61. The second-order valence-electron chi connectivity index (χ2n) is 4.10. The molecule has 0 saturated carbocycles. The van der Waals surface area contributed by atoms with Gasteiger partial charge in [0, 0.05) is 26.7 Å². The molecule has 0 amide bonds. The number of aliphatic hydroxyl groups is 1. The van der Waals surface area contributed by atoms with Crippen LogP contribution < -0.4 is 10.2 Å². The lowest BCUT2D eigenvalue weighted by Gasteiger charge is -2.20. The maximum atomic E-state index is 8.74. The van der Waals surface area contributed by atoms with E-state index in [1.54, 1.807) is 6.33 Å². The molecule has 102 valence electrons. The third kappa shape index (κ3) is 4.42. The van der Waals surface area contributed by atoms with Crippen molar-refractivity contribution in [2.45, 2.75) is 26.2 Å². The van der Waals surface area contributed by atoms with Crippen LogP contribution in [0.15, 0.2) is 10.8 Å². The predicted molar refractivity (Wildman–Crippen MR) is 78.1 cm³/mol. The molecule has 0 radical (unpaired) electrons. The average Bonchev–Trinajstić information content (AvgIpc) is 2.37. The van der Waals surface area contributed by atoms with E-state index in [2.05, 4.69) is 36.1 Å². The van der Waals surface area contributed by atoms with Gasteiger partial charge in [-0.3, -0.25) is 0 Å². The van der Waals surface area contributed by atoms with Crippen molar-refractivity contribution in [1.29, 1.82) is 0 Å². The van der Waals surface area contributed by atoms with Crippen LogP contribution >= 0.6 is 15.9 Å². The monoisotopic (exact) mass is 316 g/mol. The third-order valence-corrected chi connectivity index (χ3v) is 3.36. The minimum absolute atomic E-state index is 0.269. The summed E-state index contributed by atoms with van der Waals surface area (Å²) >= 11 is 3.54. The predicted octanol–water partition coefficient (Wildman–Crippen LogP) is 2.27. The van der Waals surface area contributed by atoms with Crippen LogP contribution in [0.1, 0.15) is 26.2 Å². The summed E-state index contributed by atoms with van der Waals surface area (Å²) < 4.78 is 0.900. The first-order valence-electron chi connectivity index (χ1n) is 6.27. The standard InChI is InChI=1S/C12H21BrN4O/c1-3-14-11-10(13)12(16-9-15-11)17(2)7-5-4-6-8-18/h9,18H,3-8H2,1-2H3,(H,14,15,16). The molecular formula is C12H21BrN4O. The van der Waals surface area contributed by atoms with Gasteiger partial charge in [0.15, 0.2) is 0 Å². The highest BCUT2D eigenvalue weighted by molar-refractivity contribution is 9.10. The van der Waals surface area contributed by atoms with E-state index in [4.69, 9.17) is 5.11 Å². The normalized spacial score (nSPS) is 10.4. The fraction of sp³-hybridized carbons (Fsp3) is 0.667. The van der Waals surface area contributed by atoms with Crippen LogP contribution in [0, 0.1) is 0 Å². The Morgan fingerprint density at radius 3 is 2.78 bits per heavy atom. The molecule has 1 heterocycles. The summed E-state index contributed by atoms with van der Waals surface area (Å²) in [6, 6.07) is 0. The van der Waals surface area contributed by atoms with Gasteiger partial charge in [0.05, 0.1) is 0 Å². The topological polar surface area (TPSA) is 61.3 Å². The summed E-state index contributed by atoms with van der Waals surface area (Å²) in [7, 11) is 2.02. The van der Waals surface area contributed by atoms with E-state index in [1.807, 2.05) is 14.0 Å². The summed E-state index contributed by atoms with van der Waals surface area (Å²) in [5, 5.41) is 11.9. The zero-order chi connectivity index (χ0) is 13.4. The number of hydrogen-bond acceptors (Lipinski definition) is 5. The van der Waals surface area contributed by atoms with Crippen molar-refractivity contribution in [3.63, 3.8) is 0 Å². The number of nitrogens with one attached hydrogen (secondary N) is 1. The van der Waals surface area contributed by atoms with Crippen LogP contribution in [-0.4, -0.2) is 41.8 Å². The van der Waals surface area contributed by atoms with E-state index >= 15 is 0 Å². The van der Waals surface area contributed by atoms with E-state index < -0.39 is 0 Å². The van der Waals surface area contributed by atoms with E-state index in [1.165, 1.54) is 0 Å². The number of unbranched alkanes of at least 4 members (excludes halogenated alkanes) is 2. The zero-order valence-electron chi connectivity index (χ0n) is 11.0. The lowest BCUT2D eigenvalue weighted by molar-refractivity contribution is 0.283. The number of rotatable bonds is 8. The summed E-state index contributed by atoms with van der Waals surface area (Å²) in [6.45, 7) is 4.05. The Bertz CT molecular complexity index is 362. The molecule has 5 nitrogen and oxygen atoms in total. The molecule has 1 aromatic heterocycles. The van der Waals surface area contributed by atoms with Gasteiger partial charge < -0.3 is 15.3 Å². The quantitative estimate of drug-likeness (QED) is 0.720. The Labute approximate surface area is 117 Å². The van der Waals surface area contributed by atoms with Crippen molar-refractivity contribution in [1.82, 2.24) is 9.97 Å². The highest BCUT2D eigenvalue weighted by Crippen LogP contribution is 2.28. The molecule has 0 aliphatic rings.